The Morgan fingerprint density at radius 3 is 3.00 bits per heavy atom. The number of carbonyl (C=O) groups is 1. The minimum atomic E-state index is 0.0319. The summed E-state index contributed by atoms with van der Waals surface area (Å²) in [6, 6.07) is 5.79. The molecule has 7 nitrogen and oxygen atoms in total. The average Bonchev–Trinajstić information content (AvgIpc) is 3.04. The number of rotatable bonds is 5. The topological polar surface area (TPSA) is 92.9 Å². The highest BCUT2D eigenvalue weighted by molar-refractivity contribution is 5.76. The molecule has 3 heterocycles. The molecule has 3 rings (SSSR count). The SMILES string of the molecule is O=C(CCc1nc(-c2ccccn2)no1)NC1CCNCC1. The van der Waals surface area contributed by atoms with Crippen LogP contribution in [0.4, 0.5) is 0 Å². The van der Waals surface area contributed by atoms with E-state index in [1.807, 2.05) is 18.2 Å². The van der Waals surface area contributed by atoms with E-state index in [4.69, 9.17) is 4.52 Å². The molecule has 0 aliphatic carbocycles. The Balaban J connectivity index is 1.49. The molecule has 1 fully saturated rings. The lowest BCUT2D eigenvalue weighted by Gasteiger charge is -2.23. The van der Waals surface area contributed by atoms with Gasteiger partial charge in [0, 0.05) is 25.1 Å². The fourth-order valence-electron chi connectivity index (χ4n) is 2.44. The number of hydrogen-bond donors (Lipinski definition) is 2. The first-order chi connectivity index (χ1) is 10.8. The number of piperidine rings is 1. The Hall–Kier alpha value is -2.28. The third-order valence-corrected chi connectivity index (χ3v) is 3.63. The lowest BCUT2D eigenvalue weighted by molar-refractivity contribution is -0.122. The van der Waals surface area contributed by atoms with Gasteiger partial charge in [0.05, 0.1) is 0 Å². The first-order valence-corrected chi connectivity index (χ1v) is 7.55. The molecule has 1 aliphatic rings. The van der Waals surface area contributed by atoms with Crippen LogP contribution in [-0.4, -0.2) is 40.2 Å². The van der Waals surface area contributed by atoms with E-state index in [1.165, 1.54) is 0 Å². The number of pyridine rings is 1. The molecule has 1 aliphatic heterocycles. The van der Waals surface area contributed by atoms with Crippen LogP contribution in [0.25, 0.3) is 11.5 Å². The van der Waals surface area contributed by atoms with E-state index in [9.17, 15) is 4.79 Å². The largest absolute Gasteiger partial charge is 0.353 e. The van der Waals surface area contributed by atoms with Gasteiger partial charge in [0.2, 0.25) is 17.6 Å². The fourth-order valence-corrected chi connectivity index (χ4v) is 2.44. The summed E-state index contributed by atoms with van der Waals surface area (Å²) in [5.41, 5.74) is 0.664. The van der Waals surface area contributed by atoms with Gasteiger partial charge >= 0.3 is 0 Å². The van der Waals surface area contributed by atoms with Gasteiger partial charge in [-0.1, -0.05) is 11.2 Å². The molecule has 0 bridgehead atoms. The van der Waals surface area contributed by atoms with Crippen LogP contribution < -0.4 is 10.6 Å². The summed E-state index contributed by atoms with van der Waals surface area (Å²) < 4.78 is 5.17. The normalized spacial score (nSPS) is 15.6. The van der Waals surface area contributed by atoms with Gasteiger partial charge in [-0.05, 0) is 38.1 Å². The van der Waals surface area contributed by atoms with Crippen LogP contribution in [-0.2, 0) is 11.2 Å². The zero-order valence-corrected chi connectivity index (χ0v) is 12.3. The molecule has 7 heteroatoms. The Morgan fingerprint density at radius 2 is 2.23 bits per heavy atom. The molecule has 2 aromatic rings. The second-order valence-corrected chi connectivity index (χ2v) is 5.32. The van der Waals surface area contributed by atoms with E-state index in [-0.39, 0.29) is 11.9 Å². The number of hydrogen-bond acceptors (Lipinski definition) is 6. The third-order valence-electron chi connectivity index (χ3n) is 3.63. The van der Waals surface area contributed by atoms with Crippen molar-refractivity contribution >= 4 is 5.91 Å². The molecule has 0 atom stereocenters. The van der Waals surface area contributed by atoms with Gasteiger partial charge in [0.15, 0.2) is 0 Å². The average molecular weight is 301 g/mol. The lowest BCUT2D eigenvalue weighted by atomic mass is 10.1. The molecule has 2 N–H and O–H groups in total. The van der Waals surface area contributed by atoms with Gasteiger partial charge in [-0.2, -0.15) is 4.98 Å². The predicted molar refractivity (Wildman–Crippen MR) is 79.9 cm³/mol. The molecular formula is C15H19N5O2. The van der Waals surface area contributed by atoms with Crippen LogP contribution in [0.3, 0.4) is 0 Å². The zero-order chi connectivity index (χ0) is 15.2. The number of carbonyl (C=O) groups excluding carboxylic acids is 1. The predicted octanol–water partition coefficient (Wildman–Crippen LogP) is 0.932. The smallest absolute Gasteiger partial charge is 0.227 e. The number of nitrogens with one attached hydrogen (secondary N) is 2. The molecule has 0 unspecified atom stereocenters. The minimum absolute atomic E-state index is 0.0319. The van der Waals surface area contributed by atoms with E-state index in [1.54, 1.807) is 6.20 Å². The van der Waals surface area contributed by atoms with Crippen LogP contribution >= 0.6 is 0 Å². The van der Waals surface area contributed by atoms with Crippen LogP contribution in [0, 0.1) is 0 Å². The second-order valence-electron chi connectivity index (χ2n) is 5.32. The van der Waals surface area contributed by atoms with E-state index in [0.717, 1.165) is 25.9 Å². The van der Waals surface area contributed by atoms with Crippen LogP contribution in [0.5, 0.6) is 0 Å². The summed E-state index contributed by atoms with van der Waals surface area (Å²) in [4.78, 5) is 20.4. The van der Waals surface area contributed by atoms with Crippen molar-refractivity contribution in [3.05, 3.63) is 30.3 Å². The summed E-state index contributed by atoms with van der Waals surface area (Å²) in [6.45, 7) is 1.92. The van der Waals surface area contributed by atoms with Crippen molar-refractivity contribution in [2.45, 2.75) is 31.7 Å². The number of amides is 1. The van der Waals surface area contributed by atoms with Crippen LogP contribution in [0.2, 0.25) is 0 Å². The maximum atomic E-state index is 11.9. The molecule has 0 aromatic carbocycles. The first-order valence-electron chi connectivity index (χ1n) is 7.55. The maximum absolute atomic E-state index is 11.9. The van der Waals surface area contributed by atoms with Crippen molar-refractivity contribution in [1.29, 1.82) is 0 Å². The van der Waals surface area contributed by atoms with Crippen molar-refractivity contribution in [3.8, 4) is 11.5 Å². The fraction of sp³-hybridized carbons (Fsp3) is 0.467. The van der Waals surface area contributed by atoms with Gasteiger partial charge < -0.3 is 15.2 Å². The Morgan fingerprint density at radius 1 is 1.36 bits per heavy atom. The molecule has 0 saturated carbocycles. The summed E-state index contributed by atoms with van der Waals surface area (Å²) in [6.07, 6.45) is 4.44. The van der Waals surface area contributed by atoms with Crippen LogP contribution in [0.1, 0.15) is 25.2 Å². The standard InChI is InChI=1S/C15H19N5O2/c21-13(18-11-6-9-16-10-7-11)4-5-14-19-15(20-22-14)12-3-1-2-8-17-12/h1-3,8,11,16H,4-7,9-10H2,(H,18,21). The molecule has 22 heavy (non-hydrogen) atoms. The van der Waals surface area contributed by atoms with Gasteiger partial charge in [-0.3, -0.25) is 9.78 Å². The Labute approximate surface area is 128 Å². The van der Waals surface area contributed by atoms with E-state index < -0.39 is 0 Å². The maximum Gasteiger partial charge on any atom is 0.227 e. The van der Waals surface area contributed by atoms with Gasteiger partial charge in [0.1, 0.15) is 5.69 Å². The van der Waals surface area contributed by atoms with Crippen molar-refractivity contribution in [2.75, 3.05) is 13.1 Å². The zero-order valence-electron chi connectivity index (χ0n) is 12.3. The number of nitrogens with zero attached hydrogens (tertiary/aromatic N) is 3. The Kier molecular flexibility index (Phi) is 4.75. The molecule has 1 saturated heterocycles. The molecule has 0 spiro atoms. The summed E-state index contributed by atoms with van der Waals surface area (Å²) >= 11 is 0. The third kappa shape index (κ3) is 3.88. The quantitative estimate of drug-likeness (QED) is 0.853. The van der Waals surface area contributed by atoms with Crippen molar-refractivity contribution in [1.82, 2.24) is 25.8 Å². The summed E-state index contributed by atoms with van der Waals surface area (Å²) in [7, 11) is 0. The van der Waals surface area contributed by atoms with Crippen LogP contribution in [0.15, 0.2) is 28.9 Å². The molecular weight excluding hydrogens is 282 g/mol. The first kappa shape index (κ1) is 14.6. The van der Waals surface area contributed by atoms with E-state index in [2.05, 4.69) is 25.8 Å². The molecule has 2 aromatic heterocycles. The van der Waals surface area contributed by atoms with E-state index >= 15 is 0 Å². The number of aromatic nitrogens is 3. The summed E-state index contributed by atoms with van der Waals surface area (Å²) in [5, 5.41) is 10.2. The minimum Gasteiger partial charge on any atom is -0.353 e. The summed E-state index contributed by atoms with van der Waals surface area (Å²) in [5.74, 6) is 0.944. The highest BCUT2D eigenvalue weighted by Crippen LogP contribution is 2.12. The number of aryl methyl sites for hydroxylation is 1. The molecule has 116 valence electrons. The highest BCUT2D eigenvalue weighted by Gasteiger charge is 2.16. The Bertz CT molecular complexity index is 607. The van der Waals surface area contributed by atoms with Crippen molar-refractivity contribution in [3.63, 3.8) is 0 Å². The van der Waals surface area contributed by atoms with Gasteiger partial charge in [-0.15, -0.1) is 0 Å². The molecule has 1 amide bonds. The van der Waals surface area contributed by atoms with E-state index in [0.29, 0.717) is 30.3 Å². The molecule has 0 radical (unpaired) electrons. The van der Waals surface area contributed by atoms with Crippen molar-refractivity contribution in [2.24, 2.45) is 0 Å². The van der Waals surface area contributed by atoms with Crippen molar-refractivity contribution < 1.29 is 9.32 Å². The van der Waals surface area contributed by atoms with Gasteiger partial charge in [-0.25, -0.2) is 0 Å². The highest BCUT2D eigenvalue weighted by atomic mass is 16.5. The lowest BCUT2D eigenvalue weighted by Crippen LogP contribution is -2.42. The monoisotopic (exact) mass is 301 g/mol. The second kappa shape index (κ2) is 7.13. The van der Waals surface area contributed by atoms with Gasteiger partial charge in [0.25, 0.3) is 0 Å².